The zero-order valence-corrected chi connectivity index (χ0v) is 12.4. The molecule has 1 aliphatic heterocycles. The van der Waals surface area contributed by atoms with Crippen molar-refractivity contribution in [2.45, 2.75) is 51.7 Å². The van der Waals surface area contributed by atoms with Gasteiger partial charge in [-0.25, -0.2) is 0 Å². The lowest BCUT2D eigenvalue weighted by Crippen LogP contribution is -2.44. The van der Waals surface area contributed by atoms with Gasteiger partial charge in [0.25, 0.3) is 0 Å². The van der Waals surface area contributed by atoms with Gasteiger partial charge in [-0.15, -0.1) is 0 Å². The molecule has 0 aliphatic carbocycles. The number of carbonyl (C=O) groups excluding carboxylic acids is 1. The van der Waals surface area contributed by atoms with E-state index >= 15 is 0 Å². The molecular formula is C14H29N3O2. The molecule has 1 amide bonds. The highest BCUT2D eigenvalue weighted by molar-refractivity contribution is 5.77. The van der Waals surface area contributed by atoms with Crippen LogP contribution in [0.2, 0.25) is 0 Å². The number of rotatable bonds is 8. The van der Waals surface area contributed by atoms with E-state index in [-0.39, 0.29) is 5.91 Å². The van der Waals surface area contributed by atoms with E-state index in [0.717, 1.165) is 51.9 Å². The molecule has 0 atom stereocenters. The van der Waals surface area contributed by atoms with Crippen molar-refractivity contribution in [2.75, 3.05) is 32.8 Å². The molecule has 0 radical (unpaired) electrons. The molecule has 1 saturated heterocycles. The first-order chi connectivity index (χ1) is 9.08. The molecule has 0 aromatic carbocycles. The predicted octanol–water partition coefficient (Wildman–Crippen LogP) is 0.731. The topological polar surface area (TPSA) is 67.6 Å². The molecule has 0 aromatic heterocycles. The van der Waals surface area contributed by atoms with Gasteiger partial charge in [0.05, 0.1) is 12.6 Å². The maximum absolute atomic E-state index is 11.7. The molecule has 19 heavy (non-hydrogen) atoms. The van der Waals surface area contributed by atoms with Gasteiger partial charge in [-0.1, -0.05) is 0 Å². The molecule has 3 N–H and O–H groups in total. The molecular weight excluding hydrogens is 242 g/mol. The average Bonchev–Trinajstić information content (AvgIpc) is 2.36. The van der Waals surface area contributed by atoms with E-state index in [9.17, 15) is 4.79 Å². The zero-order chi connectivity index (χ0) is 14.1. The summed E-state index contributed by atoms with van der Waals surface area (Å²) in [6.45, 7) is 7.98. The molecule has 112 valence electrons. The van der Waals surface area contributed by atoms with Crippen molar-refractivity contribution in [3.63, 3.8) is 0 Å². The van der Waals surface area contributed by atoms with Crippen molar-refractivity contribution in [1.82, 2.24) is 10.2 Å². The van der Waals surface area contributed by atoms with Gasteiger partial charge in [0.2, 0.25) is 5.91 Å². The number of carbonyl (C=O) groups is 1. The van der Waals surface area contributed by atoms with E-state index in [1.165, 1.54) is 0 Å². The number of hydrogen-bond donors (Lipinski definition) is 2. The van der Waals surface area contributed by atoms with Crippen molar-refractivity contribution < 1.29 is 9.53 Å². The minimum atomic E-state index is 0.125. The Kier molecular flexibility index (Phi) is 8.02. The van der Waals surface area contributed by atoms with Crippen LogP contribution in [0.1, 0.15) is 39.5 Å². The monoisotopic (exact) mass is 271 g/mol. The number of nitrogens with one attached hydrogen (secondary N) is 1. The van der Waals surface area contributed by atoms with Crippen LogP contribution in [0.3, 0.4) is 0 Å². The fraction of sp³-hybridized carbons (Fsp3) is 0.929. The number of likely N-dealkylation sites (tertiary alicyclic amines) is 1. The molecule has 1 fully saturated rings. The Morgan fingerprint density at radius 2 is 2.05 bits per heavy atom. The van der Waals surface area contributed by atoms with Gasteiger partial charge < -0.3 is 15.8 Å². The summed E-state index contributed by atoms with van der Waals surface area (Å²) in [5.41, 5.74) is 5.84. The van der Waals surface area contributed by atoms with Gasteiger partial charge in [-0.3, -0.25) is 9.69 Å². The van der Waals surface area contributed by atoms with Crippen LogP contribution in [0.5, 0.6) is 0 Å². The number of ether oxygens (including phenoxy) is 1. The summed E-state index contributed by atoms with van der Waals surface area (Å²) in [6.07, 6.45) is 4.26. The third kappa shape index (κ3) is 8.18. The molecule has 0 saturated carbocycles. The van der Waals surface area contributed by atoms with Gasteiger partial charge in [0.15, 0.2) is 0 Å². The third-order valence-corrected chi connectivity index (χ3v) is 3.34. The van der Waals surface area contributed by atoms with Crippen LogP contribution in [-0.4, -0.2) is 55.7 Å². The van der Waals surface area contributed by atoms with Crippen molar-refractivity contribution in [1.29, 1.82) is 0 Å². The summed E-state index contributed by atoms with van der Waals surface area (Å²) in [5, 5.41) is 2.96. The molecule has 1 heterocycles. The molecule has 1 rings (SSSR count). The molecule has 5 heteroatoms. The van der Waals surface area contributed by atoms with Crippen LogP contribution in [0, 0.1) is 0 Å². The van der Waals surface area contributed by atoms with Crippen molar-refractivity contribution in [3.05, 3.63) is 0 Å². The van der Waals surface area contributed by atoms with E-state index in [0.29, 0.717) is 18.7 Å². The van der Waals surface area contributed by atoms with Crippen molar-refractivity contribution in [2.24, 2.45) is 5.73 Å². The fourth-order valence-corrected chi connectivity index (χ4v) is 2.14. The maximum atomic E-state index is 11.7. The number of nitrogens with zero attached hydrogens (tertiary/aromatic N) is 1. The van der Waals surface area contributed by atoms with E-state index < -0.39 is 0 Å². The predicted molar refractivity (Wildman–Crippen MR) is 77.0 cm³/mol. The quantitative estimate of drug-likeness (QED) is 0.639. The number of unbranched alkanes of at least 4 members (excludes halogenated alkanes) is 1. The summed E-state index contributed by atoms with van der Waals surface area (Å²) < 4.78 is 5.45. The Hall–Kier alpha value is -0.650. The second-order valence-electron chi connectivity index (χ2n) is 5.59. The highest BCUT2D eigenvalue weighted by Crippen LogP contribution is 2.07. The maximum Gasteiger partial charge on any atom is 0.234 e. The molecule has 0 unspecified atom stereocenters. The molecule has 0 bridgehead atoms. The lowest BCUT2D eigenvalue weighted by molar-refractivity contribution is -0.122. The van der Waals surface area contributed by atoms with Gasteiger partial charge >= 0.3 is 0 Å². The first kappa shape index (κ1) is 16.4. The van der Waals surface area contributed by atoms with E-state index in [1.807, 2.05) is 13.8 Å². The van der Waals surface area contributed by atoms with Crippen LogP contribution in [0.15, 0.2) is 0 Å². The van der Waals surface area contributed by atoms with Crippen LogP contribution in [-0.2, 0) is 9.53 Å². The van der Waals surface area contributed by atoms with E-state index in [2.05, 4.69) is 10.2 Å². The summed E-state index contributed by atoms with van der Waals surface area (Å²) >= 11 is 0. The Labute approximate surface area is 116 Å². The van der Waals surface area contributed by atoms with Crippen LogP contribution in [0.25, 0.3) is 0 Å². The molecule has 0 spiro atoms. The highest BCUT2D eigenvalue weighted by atomic mass is 16.5. The van der Waals surface area contributed by atoms with E-state index in [4.69, 9.17) is 10.5 Å². The first-order valence-electron chi connectivity index (χ1n) is 7.44. The fourth-order valence-electron chi connectivity index (χ4n) is 2.14. The highest BCUT2D eigenvalue weighted by Gasteiger charge is 2.17. The SMILES string of the molecule is CC(C)OCCCCNC(=O)CN1CCC(N)CC1. The minimum absolute atomic E-state index is 0.125. The van der Waals surface area contributed by atoms with Crippen LogP contribution in [0.4, 0.5) is 0 Å². The Morgan fingerprint density at radius 1 is 1.37 bits per heavy atom. The number of amides is 1. The second kappa shape index (κ2) is 9.28. The number of hydrogen-bond acceptors (Lipinski definition) is 4. The van der Waals surface area contributed by atoms with E-state index in [1.54, 1.807) is 0 Å². The number of nitrogens with two attached hydrogens (primary N) is 1. The summed E-state index contributed by atoms with van der Waals surface area (Å²) in [7, 11) is 0. The van der Waals surface area contributed by atoms with Gasteiger partial charge in [0, 0.05) is 32.3 Å². The summed E-state index contributed by atoms with van der Waals surface area (Å²) in [5.74, 6) is 0.125. The molecule has 5 nitrogen and oxygen atoms in total. The third-order valence-electron chi connectivity index (χ3n) is 3.34. The Morgan fingerprint density at radius 3 is 2.68 bits per heavy atom. The van der Waals surface area contributed by atoms with Crippen LogP contribution >= 0.6 is 0 Å². The van der Waals surface area contributed by atoms with Gasteiger partial charge in [-0.2, -0.15) is 0 Å². The lowest BCUT2D eigenvalue weighted by Gasteiger charge is -2.29. The summed E-state index contributed by atoms with van der Waals surface area (Å²) in [4.78, 5) is 13.9. The molecule has 0 aromatic rings. The Balaban J connectivity index is 1.96. The Bertz CT molecular complexity index is 251. The van der Waals surface area contributed by atoms with Crippen molar-refractivity contribution >= 4 is 5.91 Å². The largest absolute Gasteiger partial charge is 0.379 e. The first-order valence-corrected chi connectivity index (χ1v) is 7.44. The van der Waals surface area contributed by atoms with Gasteiger partial charge in [0.1, 0.15) is 0 Å². The van der Waals surface area contributed by atoms with Crippen LogP contribution < -0.4 is 11.1 Å². The lowest BCUT2D eigenvalue weighted by atomic mass is 10.1. The minimum Gasteiger partial charge on any atom is -0.379 e. The zero-order valence-electron chi connectivity index (χ0n) is 12.4. The normalized spacial score (nSPS) is 17.9. The van der Waals surface area contributed by atoms with Gasteiger partial charge in [-0.05, 0) is 39.5 Å². The summed E-state index contributed by atoms with van der Waals surface area (Å²) in [6, 6.07) is 0.320. The van der Waals surface area contributed by atoms with Crippen molar-refractivity contribution in [3.8, 4) is 0 Å². The average molecular weight is 271 g/mol. The number of piperidine rings is 1. The second-order valence-corrected chi connectivity index (χ2v) is 5.59. The smallest absolute Gasteiger partial charge is 0.234 e. The molecule has 1 aliphatic rings. The standard InChI is InChI=1S/C14H29N3O2/c1-12(2)19-10-4-3-7-16-14(18)11-17-8-5-13(15)6-9-17/h12-13H,3-11,15H2,1-2H3,(H,16,18).